The summed E-state index contributed by atoms with van der Waals surface area (Å²) in [6, 6.07) is 9.91. The van der Waals surface area contributed by atoms with Crippen molar-refractivity contribution in [3.05, 3.63) is 35.9 Å². The smallest absolute Gasteiger partial charge is 0.303 e. The number of esters is 2. The van der Waals surface area contributed by atoms with Crippen molar-refractivity contribution in [1.82, 2.24) is 0 Å². The Kier molecular flexibility index (Phi) is 12.3. The molecular weight excluding hydrogens is 640 g/mol. The predicted molar refractivity (Wildman–Crippen MR) is 198 cm³/mol. The Hall–Kier alpha value is -1.96. The molecule has 0 radical (unpaired) electrons. The van der Waals surface area contributed by atoms with Crippen LogP contribution in [0.25, 0.3) is 0 Å². The molecule has 0 N–H and O–H groups in total. The van der Waals surface area contributed by atoms with Crippen molar-refractivity contribution in [3.63, 3.8) is 0 Å². The van der Waals surface area contributed by atoms with Crippen molar-refractivity contribution >= 4 is 11.9 Å². The number of ether oxygens (including phenoxy) is 5. The van der Waals surface area contributed by atoms with Gasteiger partial charge in [-0.15, -0.1) is 0 Å². The lowest BCUT2D eigenvalue weighted by Crippen LogP contribution is -2.61. The second-order valence-corrected chi connectivity index (χ2v) is 18.3. The Morgan fingerprint density at radius 1 is 0.824 bits per heavy atom. The first-order chi connectivity index (χ1) is 24.3. The summed E-state index contributed by atoms with van der Waals surface area (Å²) in [5, 5.41) is 0. The molecular formula is C44H68O7. The monoisotopic (exact) mass is 708 g/mol. The Morgan fingerprint density at radius 3 is 2.22 bits per heavy atom. The van der Waals surface area contributed by atoms with E-state index in [1.54, 1.807) is 0 Å². The molecule has 286 valence electrons. The second-order valence-electron chi connectivity index (χ2n) is 18.3. The van der Waals surface area contributed by atoms with E-state index in [1.807, 2.05) is 37.3 Å². The van der Waals surface area contributed by atoms with E-state index in [2.05, 4.69) is 34.6 Å². The molecule has 1 aromatic rings. The van der Waals surface area contributed by atoms with Crippen LogP contribution >= 0.6 is 0 Å². The first-order valence-corrected chi connectivity index (χ1v) is 20.6. The van der Waals surface area contributed by atoms with Gasteiger partial charge in [-0.25, -0.2) is 0 Å². The molecule has 1 heterocycles. The molecule has 5 aliphatic rings. The average Bonchev–Trinajstić information content (AvgIpc) is 3.43. The Bertz CT molecular complexity index is 1320. The Morgan fingerprint density at radius 2 is 1.51 bits per heavy atom. The van der Waals surface area contributed by atoms with Gasteiger partial charge in [0.2, 0.25) is 0 Å². The summed E-state index contributed by atoms with van der Waals surface area (Å²) in [6.07, 6.45) is 11.9. The van der Waals surface area contributed by atoms with Gasteiger partial charge in [0.1, 0.15) is 6.10 Å². The maximum Gasteiger partial charge on any atom is 0.303 e. The van der Waals surface area contributed by atoms with Crippen LogP contribution in [0.3, 0.4) is 0 Å². The number of carbonyl (C=O) groups is 2. The van der Waals surface area contributed by atoms with Crippen molar-refractivity contribution < 1.29 is 33.3 Å². The van der Waals surface area contributed by atoms with E-state index in [0.29, 0.717) is 23.4 Å². The highest BCUT2D eigenvalue weighted by atomic mass is 16.7. The Balaban J connectivity index is 1.13. The highest BCUT2D eigenvalue weighted by molar-refractivity contribution is 5.67. The van der Waals surface area contributed by atoms with E-state index >= 15 is 0 Å². The molecule has 0 aromatic heterocycles. The maximum atomic E-state index is 12.4. The lowest BCUT2D eigenvalue weighted by atomic mass is 9.44. The predicted octanol–water partition coefficient (Wildman–Crippen LogP) is 9.69. The number of fused-ring (bicyclic) bond motifs is 5. The normalized spacial score (nSPS) is 41.2. The van der Waals surface area contributed by atoms with E-state index in [-0.39, 0.29) is 6.10 Å². The Labute approximate surface area is 308 Å². The molecule has 0 bridgehead atoms. The van der Waals surface area contributed by atoms with E-state index in [0.717, 1.165) is 53.9 Å². The quantitative estimate of drug-likeness (QED) is 0.158. The van der Waals surface area contributed by atoms with Crippen molar-refractivity contribution in [1.29, 1.82) is 0 Å². The molecule has 4 aliphatic carbocycles. The van der Waals surface area contributed by atoms with Gasteiger partial charge >= 0.3 is 11.9 Å². The van der Waals surface area contributed by atoms with Crippen LogP contribution in [0.1, 0.15) is 138 Å². The minimum Gasteiger partial charge on any atom is -0.456 e. The molecule has 14 atom stereocenters. The molecule has 51 heavy (non-hydrogen) atoms. The number of hydrogen-bond donors (Lipinski definition) is 0. The third kappa shape index (κ3) is 8.26. The summed E-state index contributed by atoms with van der Waals surface area (Å²) in [6.45, 7) is 17.5. The summed E-state index contributed by atoms with van der Waals surface area (Å²) in [4.78, 5) is 24.5. The van der Waals surface area contributed by atoms with Crippen molar-refractivity contribution in [3.8, 4) is 0 Å². The number of carbonyl (C=O) groups excluding carboxylic acids is 2. The van der Waals surface area contributed by atoms with Crippen LogP contribution in [0.15, 0.2) is 30.3 Å². The zero-order valence-electron chi connectivity index (χ0n) is 32.9. The molecule has 7 nitrogen and oxygen atoms in total. The van der Waals surface area contributed by atoms with Crippen LogP contribution < -0.4 is 0 Å². The molecule has 7 heteroatoms. The van der Waals surface area contributed by atoms with E-state index in [4.69, 9.17) is 23.7 Å². The standard InChI is InChI=1S/C44H68O7/c1-27(2)13-12-14-28(3)36-19-20-37-35-18-17-33-25-34(21-23-43(33,7)38(35)22-24-44(36,37)8)51-42-41(47-26-32-15-10-9-11-16-32)40(50-31(6)46)39(29(4)48-42)49-30(5)45/h9-11,15-16,27-29,33-42H,12-14,17-26H2,1-8H3/t28-,29+,33+,34+,35+,36-,37+,38+,39+,40-,41-,42+,43+,44-/m1/s1. The summed E-state index contributed by atoms with van der Waals surface area (Å²) >= 11 is 0. The van der Waals surface area contributed by atoms with Crippen LogP contribution in [0.5, 0.6) is 0 Å². The van der Waals surface area contributed by atoms with Crippen molar-refractivity contribution in [2.75, 3.05) is 0 Å². The lowest BCUT2D eigenvalue weighted by Gasteiger charge is -2.61. The highest BCUT2D eigenvalue weighted by Crippen LogP contribution is 2.68. The van der Waals surface area contributed by atoms with Gasteiger partial charge in [0.05, 0.1) is 18.8 Å². The van der Waals surface area contributed by atoms with Crippen LogP contribution in [-0.2, 0) is 39.9 Å². The van der Waals surface area contributed by atoms with E-state index < -0.39 is 42.6 Å². The molecule has 4 saturated carbocycles. The van der Waals surface area contributed by atoms with Gasteiger partial charge < -0.3 is 23.7 Å². The van der Waals surface area contributed by atoms with Gasteiger partial charge in [-0.1, -0.05) is 84.2 Å². The lowest BCUT2D eigenvalue weighted by molar-refractivity contribution is -0.322. The SMILES string of the molecule is CC(=O)O[C@@H]1[C@@H](OC(C)=O)[C@H](C)O[C@@H](O[C@H]2CC[C@@]3(C)[C@@H](CC[C@@H]4[C@@H]3CC[C@]3(C)[C@@H]([C@H](C)CCCC(C)C)CC[C@@H]43)C2)[C@@H]1OCc1ccccc1. The molecule has 5 fully saturated rings. The zero-order chi connectivity index (χ0) is 36.5. The van der Waals surface area contributed by atoms with Gasteiger partial charge in [0.25, 0.3) is 0 Å². The van der Waals surface area contributed by atoms with Gasteiger partial charge in [-0.3, -0.25) is 9.59 Å². The topological polar surface area (TPSA) is 80.3 Å². The molecule has 1 aromatic carbocycles. The first-order valence-electron chi connectivity index (χ1n) is 20.6. The zero-order valence-corrected chi connectivity index (χ0v) is 32.9. The summed E-state index contributed by atoms with van der Waals surface area (Å²) < 4.78 is 31.4. The van der Waals surface area contributed by atoms with Crippen LogP contribution in [0.4, 0.5) is 0 Å². The first kappa shape index (κ1) is 38.8. The molecule has 6 rings (SSSR count). The van der Waals surface area contributed by atoms with Crippen LogP contribution in [0.2, 0.25) is 0 Å². The van der Waals surface area contributed by atoms with Gasteiger partial charge in [0, 0.05) is 13.8 Å². The third-order valence-corrected chi connectivity index (χ3v) is 14.8. The van der Waals surface area contributed by atoms with Crippen molar-refractivity contribution in [2.24, 2.45) is 52.3 Å². The van der Waals surface area contributed by atoms with Crippen molar-refractivity contribution in [2.45, 2.75) is 176 Å². The fraction of sp³-hybridized carbons (Fsp3) is 0.818. The fourth-order valence-corrected chi connectivity index (χ4v) is 12.3. The van der Waals surface area contributed by atoms with E-state index in [9.17, 15) is 9.59 Å². The van der Waals surface area contributed by atoms with Gasteiger partial charge in [-0.05, 0) is 123 Å². The molecule has 1 aliphatic heterocycles. The molecule has 0 unspecified atom stereocenters. The van der Waals surface area contributed by atoms with E-state index in [1.165, 1.54) is 78.1 Å². The maximum absolute atomic E-state index is 12.4. The number of hydrogen-bond acceptors (Lipinski definition) is 7. The minimum absolute atomic E-state index is 0.0271. The third-order valence-electron chi connectivity index (χ3n) is 14.8. The molecule has 0 spiro atoms. The largest absolute Gasteiger partial charge is 0.456 e. The second kappa shape index (κ2) is 16.2. The molecule has 1 saturated heterocycles. The summed E-state index contributed by atoms with van der Waals surface area (Å²) in [5.74, 6) is 4.78. The number of rotatable bonds is 12. The number of benzene rings is 1. The summed E-state index contributed by atoms with van der Waals surface area (Å²) in [7, 11) is 0. The minimum atomic E-state index is -0.849. The van der Waals surface area contributed by atoms with Crippen LogP contribution in [-0.4, -0.2) is 48.7 Å². The summed E-state index contributed by atoms with van der Waals surface area (Å²) in [5.41, 5.74) is 1.84. The van der Waals surface area contributed by atoms with Gasteiger partial charge in [-0.2, -0.15) is 0 Å². The highest BCUT2D eigenvalue weighted by Gasteiger charge is 2.61. The van der Waals surface area contributed by atoms with Gasteiger partial charge in [0.15, 0.2) is 18.5 Å². The van der Waals surface area contributed by atoms with Crippen LogP contribution in [0, 0.1) is 52.3 Å². The average molecular weight is 709 g/mol. The molecule has 0 amide bonds. The fourth-order valence-electron chi connectivity index (χ4n) is 12.3.